The minimum atomic E-state index is -0.452. The highest BCUT2D eigenvalue weighted by Gasteiger charge is 2.25. The molecule has 3 aromatic rings. The molecule has 166 valence electrons. The third-order valence-corrected chi connectivity index (χ3v) is 6.89. The van der Waals surface area contributed by atoms with Gasteiger partial charge in [0.15, 0.2) is 0 Å². The Bertz CT molecular complexity index is 1100. The zero-order chi connectivity index (χ0) is 22.7. The zero-order valence-corrected chi connectivity index (χ0v) is 19.4. The van der Waals surface area contributed by atoms with Crippen LogP contribution < -0.4 is 10.2 Å². The number of amides is 2. The number of para-hydroxylation sites is 1. The van der Waals surface area contributed by atoms with E-state index in [-0.39, 0.29) is 6.03 Å². The number of hydrogen-bond acceptors (Lipinski definition) is 5. The van der Waals surface area contributed by atoms with Crippen molar-refractivity contribution in [2.24, 2.45) is 0 Å². The van der Waals surface area contributed by atoms with Crippen molar-refractivity contribution in [2.75, 3.05) is 43.5 Å². The van der Waals surface area contributed by atoms with E-state index in [0.717, 1.165) is 23.5 Å². The van der Waals surface area contributed by atoms with Gasteiger partial charge in [-0.3, -0.25) is 0 Å². The van der Waals surface area contributed by atoms with E-state index in [0.29, 0.717) is 23.7 Å². The first-order chi connectivity index (χ1) is 15.5. The molecule has 0 bridgehead atoms. The van der Waals surface area contributed by atoms with Gasteiger partial charge in [-0.1, -0.05) is 48.5 Å². The van der Waals surface area contributed by atoms with Gasteiger partial charge in [-0.25, -0.2) is 9.59 Å². The standard InChI is InChI=1S/C25H27N3O3S/c1-17-8-7-9-18(2)22(17)27-12-14-28(15-13-27)25(30)26-20-16-21(19-10-5-4-6-11-19)32-23(20)24(29)31-3/h4-11,16H,12-15H2,1-3H3,(H,26,30). The molecule has 1 N–H and O–H groups in total. The molecular formula is C25H27N3O3S. The van der Waals surface area contributed by atoms with E-state index in [1.54, 1.807) is 4.90 Å². The molecule has 1 fully saturated rings. The van der Waals surface area contributed by atoms with Crippen molar-refractivity contribution in [3.8, 4) is 10.4 Å². The number of carbonyl (C=O) groups is 2. The van der Waals surface area contributed by atoms with Crippen LogP contribution in [0, 0.1) is 13.8 Å². The predicted octanol–water partition coefficient (Wildman–Crippen LogP) is 5.17. The van der Waals surface area contributed by atoms with Crippen molar-refractivity contribution in [1.29, 1.82) is 0 Å². The Morgan fingerprint density at radius 2 is 1.59 bits per heavy atom. The van der Waals surface area contributed by atoms with Gasteiger partial charge in [-0.2, -0.15) is 0 Å². The molecule has 1 saturated heterocycles. The molecule has 1 aliphatic rings. The monoisotopic (exact) mass is 449 g/mol. The van der Waals surface area contributed by atoms with Crippen LogP contribution in [0.1, 0.15) is 20.8 Å². The van der Waals surface area contributed by atoms with Gasteiger partial charge < -0.3 is 19.9 Å². The number of thiophene rings is 1. The Kier molecular flexibility index (Phi) is 6.46. The maximum atomic E-state index is 13.0. The molecule has 0 radical (unpaired) electrons. The Morgan fingerprint density at radius 1 is 0.938 bits per heavy atom. The minimum Gasteiger partial charge on any atom is -0.465 e. The average molecular weight is 450 g/mol. The first-order valence-corrected chi connectivity index (χ1v) is 11.4. The van der Waals surface area contributed by atoms with Gasteiger partial charge in [0.1, 0.15) is 4.88 Å². The highest BCUT2D eigenvalue weighted by atomic mass is 32.1. The molecule has 0 aliphatic carbocycles. The number of piperazine rings is 1. The van der Waals surface area contributed by atoms with Crippen molar-refractivity contribution in [3.63, 3.8) is 0 Å². The predicted molar refractivity (Wildman–Crippen MR) is 130 cm³/mol. The number of aryl methyl sites for hydroxylation is 2. The molecule has 6 nitrogen and oxygen atoms in total. The van der Waals surface area contributed by atoms with Gasteiger partial charge in [-0.05, 0) is 36.6 Å². The number of methoxy groups -OCH3 is 1. The van der Waals surface area contributed by atoms with Crippen LogP contribution in [-0.4, -0.2) is 50.2 Å². The topological polar surface area (TPSA) is 61.9 Å². The normalized spacial score (nSPS) is 13.7. The second-order valence-electron chi connectivity index (χ2n) is 7.86. The largest absolute Gasteiger partial charge is 0.465 e. The number of anilines is 2. The molecule has 0 atom stereocenters. The van der Waals surface area contributed by atoms with Crippen molar-refractivity contribution in [1.82, 2.24) is 4.90 Å². The molecule has 2 amide bonds. The number of urea groups is 1. The molecule has 0 saturated carbocycles. The van der Waals surface area contributed by atoms with Gasteiger partial charge in [0.05, 0.1) is 12.8 Å². The van der Waals surface area contributed by atoms with E-state index in [9.17, 15) is 9.59 Å². The van der Waals surface area contributed by atoms with Crippen LogP contribution in [0.15, 0.2) is 54.6 Å². The van der Waals surface area contributed by atoms with Crippen LogP contribution in [-0.2, 0) is 4.74 Å². The molecule has 0 unspecified atom stereocenters. The molecule has 7 heteroatoms. The smallest absolute Gasteiger partial charge is 0.350 e. The Balaban J connectivity index is 1.47. The number of carbonyl (C=O) groups excluding carboxylic acids is 2. The van der Waals surface area contributed by atoms with Crippen molar-refractivity contribution >= 4 is 34.7 Å². The maximum absolute atomic E-state index is 13.0. The van der Waals surface area contributed by atoms with Crippen LogP contribution in [0.4, 0.5) is 16.2 Å². The summed E-state index contributed by atoms with van der Waals surface area (Å²) in [5, 5.41) is 2.94. The number of nitrogens with zero attached hydrogens (tertiary/aromatic N) is 2. The fourth-order valence-electron chi connectivity index (χ4n) is 4.10. The van der Waals surface area contributed by atoms with Gasteiger partial charge in [0.2, 0.25) is 0 Å². The summed E-state index contributed by atoms with van der Waals surface area (Å²) in [6.07, 6.45) is 0. The Labute approximate surface area is 192 Å². The summed E-state index contributed by atoms with van der Waals surface area (Å²) in [6.45, 7) is 7.00. The van der Waals surface area contributed by atoms with Gasteiger partial charge in [0, 0.05) is 36.7 Å². The second-order valence-corrected chi connectivity index (χ2v) is 8.91. The molecule has 2 aromatic carbocycles. The highest BCUT2D eigenvalue weighted by Crippen LogP contribution is 2.35. The third kappa shape index (κ3) is 4.48. The fourth-order valence-corrected chi connectivity index (χ4v) is 5.14. The summed E-state index contributed by atoms with van der Waals surface area (Å²) < 4.78 is 4.94. The molecule has 1 aliphatic heterocycles. The quantitative estimate of drug-likeness (QED) is 0.558. The SMILES string of the molecule is COC(=O)c1sc(-c2ccccc2)cc1NC(=O)N1CCN(c2c(C)cccc2C)CC1. The first-order valence-electron chi connectivity index (χ1n) is 10.6. The van der Waals surface area contributed by atoms with Gasteiger partial charge >= 0.3 is 12.0 Å². The van der Waals surface area contributed by atoms with Gasteiger partial charge in [-0.15, -0.1) is 11.3 Å². The summed E-state index contributed by atoms with van der Waals surface area (Å²) in [4.78, 5) is 30.8. The number of esters is 1. The lowest BCUT2D eigenvalue weighted by Crippen LogP contribution is -2.50. The van der Waals surface area contributed by atoms with Crippen LogP contribution in [0.2, 0.25) is 0 Å². The summed E-state index contributed by atoms with van der Waals surface area (Å²) in [5.74, 6) is -0.452. The van der Waals surface area contributed by atoms with Crippen molar-refractivity contribution in [3.05, 3.63) is 70.6 Å². The molecule has 1 aromatic heterocycles. The number of rotatable bonds is 4. The van der Waals surface area contributed by atoms with Crippen LogP contribution >= 0.6 is 11.3 Å². The number of ether oxygens (including phenoxy) is 1. The van der Waals surface area contributed by atoms with Crippen molar-refractivity contribution < 1.29 is 14.3 Å². The van der Waals surface area contributed by atoms with Crippen molar-refractivity contribution in [2.45, 2.75) is 13.8 Å². The van der Waals surface area contributed by atoms with Gasteiger partial charge in [0.25, 0.3) is 0 Å². The number of benzene rings is 2. The lowest BCUT2D eigenvalue weighted by atomic mass is 10.1. The van der Waals surface area contributed by atoms with Crippen LogP contribution in [0.5, 0.6) is 0 Å². The second kappa shape index (κ2) is 9.44. The minimum absolute atomic E-state index is 0.200. The molecular weight excluding hydrogens is 422 g/mol. The summed E-state index contributed by atoms with van der Waals surface area (Å²) in [7, 11) is 1.35. The Morgan fingerprint density at radius 3 is 2.22 bits per heavy atom. The van der Waals surface area contributed by atoms with E-state index in [2.05, 4.69) is 42.3 Å². The molecule has 4 rings (SSSR count). The highest BCUT2D eigenvalue weighted by molar-refractivity contribution is 7.18. The average Bonchev–Trinajstić information content (AvgIpc) is 3.23. The van der Waals surface area contributed by atoms with E-state index in [1.807, 2.05) is 36.4 Å². The Hall–Kier alpha value is -3.32. The lowest BCUT2D eigenvalue weighted by Gasteiger charge is -2.37. The van der Waals surface area contributed by atoms with E-state index in [4.69, 9.17) is 4.74 Å². The summed E-state index contributed by atoms with van der Waals surface area (Å²) in [6, 6.07) is 17.7. The zero-order valence-electron chi connectivity index (χ0n) is 18.6. The molecule has 0 spiro atoms. The molecule has 32 heavy (non-hydrogen) atoms. The molecule has 2 heterocycles. The van der Waals surface area contributed by atoms with E-state index in [1.165, 1.54) is 35.3 Å². The maximum Gasteiger partial charge on any atom is 0.350 e. The fraction of sp³-hybridized carbons (Fsp3) is 0.280. The van der Waals surface area contributed by atoms with E-state index >= 15 is 0 Å². The van der Waals surface area contributed by atoms with E-state index < -0.39 is 5.97 Å². The van der Waals surface area contributed by atoms with Crippen LogP contribution in [0.25, 0.3) is 10.4 Å². The lowest BCUT2D eigenvalue weighted by molar-refractivity contribution is 0.0607. The van der Waals surface area contributed by atoms with Crippen LogP contribution in [0.3, 0.4) is 0 Å². The summed E-state index contributed by atoms with van der Waals surface area (Å²) in [5.41, 5.74) is 5.23. The number of hydrogen-bond donors (Lipinski definition) is 1. The third-order valence-electron chi connectivity index (χ3n) is 5.73. The summed E-state index contributed by atoms with van der Waals surface area (Å²) >= 11 is 1.32. The number of nitrogens with one attached hydrogen (secondary N) is 1. The first kappa shape index (κ1) is 21.9.